The van der Waals surface area contributed by atoms with E-state index in [4.69, 9.17) is 9.15 Å². The molecular weight excluding hydrogens is 544 g/mol. The minimum atomic E-state index is -3.97. The van der Waals surface area contributed by atoms with Crippen LogP contribution in [0.25, 0.3) is 0 Å². The number of nitrogens with one attached hydrogen (secondary N) is 2. The summed E-state index contributed by atoms with van der Waals surface area (Å²) in [7, 11) is -3.97. The van der Waals surface area contributed by atoms with Crippen molar-refractivity contribution in [2.75, 3.05) is 13.2 Å². The van der Waals surface area contributed by atoms with Crippen LogP contribution in [0.4, 0.5) is 0 Å². The highest BCUT2D eigenvalue weighted by Crippen LogP contribution is 2.18. The molecule has 0 saturated carbocycles. The van der Waals surface area contributed by atoms with Crippen molar-refractivity contribution >= 4 is 28.1 Å². The molecule has 1 aromatic heterocycles. The molecule has 3 aromatic carbocycles. The van der Waals surface area contributed by atoms with Crippen LogP contribution in [0.3, 0.4) is 0 Å². The molecule has 0 fully saturated rings. The summed E-state index contributed by atoms with van der Waals surface area (Å²) in [5.41, 5.74) is 4.02. The van der Waals surface area contributed by atoms with E-state index < -0.39 is 22.5 Å². The number of hydrogen-bond donors (Lipinski definition) is 2. The summed E-state index contributed by atoms with van der Waals surface area (Å²) in [5.74, 6) is 0.0211. The highest BCUT2D eigenvalue weighted by Gasteiger charge is 2.27. The van der Waals surface area contributed by atoms with Gasteiger partial charge in [0.2, 0.25) is 10.0 Å². The Morgan fingerprint density at radius 1 is 0.927 bits per heavy atom. The molecule has 0 aliphatic rings. The zero-order valence-electron chi connectivity index (χ0n) is 22.3. The molecular formula is C30H30N4O6S. The van der Waals surface area contributed by atoms with Crippen LogP contribution in [0, 0.1) is 0 Å². The molecule has 0 aliphatic carbocycles. The van der Waals surface area contributed by atoms with Crippen LogP contribution in [0.1, 0.15) is 29.9 Å². The lowest BCUT2D eigenvalue weighted by atomic mass is 10.1. The quantitative estimate of drug-likeness (QED) is 0.184. The molecule has 10 nitrogen and oxygen atoms in total. The third kappa shape index (κ3) is 8.62. The second kappa shape index (κ2) is 14.1. The number of furan rings is 1. The second-order valence-electron chi connectivity index (χ2n) is 9.02. The Bertz CT molecular complexity index is 1540. The van der Waals surface area contributed by atoms with Gasteiger partial charge in [-0.05, 0) is 66.6 Å². The molecule has 0 spiro atoms. The Labute approximate surface area is 238 Å². The van der Waals surface area contributed by atoms with Gasteiger partial charge in [0.25, 0.3) is 11.8 Å². The maximum Gasteiger partial charge on any atom is 0.258 e. The molecule has 4 aromatic rings. The van der Waals surface area contributed by atoms with E-state index in [2.05, 4.69) is 15.8 Å². The molecule has 11 heteroatoms. The van der Waals surface area contributed by atoms with Crippen molar-refractivity contribution in [2.45, 2.75) is 24.4 Å². The lowest BCUT2D eigenvalue weighted by molar-refractivity contribution is -0.124. The summed E-state index contributed by atoms with van der Waals surface area (Å²) in [4.78, 5) is 24.9. The molecule has 212 valence electrons. The summed E-state index contributed by atoms with van der Waals surface area (Å²) in [5, 5.41) is 6.83. The van der Waals surface area contributed by atoms with E-state index in [1.54, 1.807) is 54.6 Å². The number of benzene rings is 3. The van der Waals surface area contributed by atoms with Gasteiger partial charge in [0.05, 0.1) is 36.5 Å². The van der Waals surface area contributed by atoms with E-state index >= 15 is 0 Å². The monoisotopic (exact) mass is 574 g/mol. The Morgan fingerprint density at radius 3 is 2.27 bits per heavy atom. The fourth-order valence-corrected chi connectivity index (χ4v) is 5.21. The highest BCUT2D eigenvalue weighted by atomic mass is 32.2. The van der Waals surface area contributed by atoms with Gasteiger partial charge in [-0.1, -0.05) is 48.5 Å². The third-order valence-corrected chi connectivity index (χ3v) is 7.75. The zero-order valence-corrected chi connectivity index (χ0v) is 23.2. The molecule has 4 rings (SSSR count). The maximum atomic E-state index is 13.2. The Hall–Kier alpha value is -4.74. The number of carbonyl (C=O) groups excluding carboxylic acids is 2. The fourth-order valence-electron chi connectivity index (χ4n) is 3.83. The molecule has 0 bridgehead atoms. The van der Waals surface area contributed by atoms with E-state index in [9.17, 15) is 18.0 Å². The zero-order chi connectivity index (χ0) is 29.1. The average Bonchev–Trinajstić information content (AvgIpc) is 3.50. The number of sulfonamides is 1. The normalized spacial score (nSPS) is 12.2. The van der Waals surface area contributed by atoms with Crippen molar-refractivity contribution in [1.29, 1.82) is 0 Å². The van der Waals surface area contributed by atoms with Gasteiger partial charge in [-0.15, -0.1) is 0 Å². The smallest absolute Gasteiger partial charge is 0.258 e. The molecule has 1 heterocycles. The number of hydrazone groups is 1. The van der Waals surface area contributed by atoms with Crippen LogP contribution in [0.5, 0.6) is 5.75 Å². The first-order valence-electron chi connectivity index (χ1n) is 12.8. The third-order valence-electron chi connectivity index (χ3n) is 5.94. The number of ether oxygens (including phenoxy) is 1. The predicted octanol–water partition coefficient (Wildman–Crippen LogP) is 3.88. The first-order chi connectivity index (χ1) is 19.8. The summed E-state index contributed by atoms with van der Waals surface area (Å²) < 4.78 is 38.2. The van der Waals surface area contributed by atoms with Gasteiger partial charge in [-0.3, -0.25) is 9.59 Å². The molecule has 2 amide bonds. The van der Waals surface area contributed by atoms with E-state index in [1.165, 1.54) is 24.6 Å². The van der Waals surface area contributed by atoms with Crippen LogP contribution in [0.15, 0.2) is 118 Å². The lowest BCUT2D eigenvalue weighted by Crippen LogP contribution is -2.38. The molecule has 0 saturated heterocycles. The average molecular weight is 575 g/mol. The van der Waals surface area contributed by atoms with Gasteiger partial charge in [0, 0.05) is 0 Å². The highest BCUT2D eigenvalue weighted by molar-refractivity contribution is 7.89. The Kier molecular flexibility index (Phi) is 10.0. The Balaban J connectivity index is 1.28. The van der Waals surface area contributed by atoms with E-state index in [0.29, 0.717) is 17.1 Å². The number of carbonyl (C=O) groups is 2. The van der Waals surface area contributed by atoms with E-state index in [0.717, 1.165) is 9.87 Å². The second-order valence-corrected chi connectivity index (χ2v) is 11.0. The summed E-state index contributed by atoms with van der Waals surface area (Å²) >= 11 is 0. The van der Waals surface area contributed by atoms with Crippen LogP contribution in [-0.2, 0) is 26.2 Å². The largest absolute Gasteiger partial charge is 0.484 e. The molecule has 2 N–H and O–H groups in total. The van der Waals surface area contributed by atoms with Gasteiger partial charge in [-0.25, -0.2) is 13.8 Å². The van der Waals surface area contributed by atoms with Crippen LogP contribution >= 0.6 is 0 Å². The number of amides is 2. The van der Waals surface area contributed by atoms with Gasteiger partial charge in [0.1, 0.15) is 11.5 Å². The summed E-state index contributed by atoms with van der Waals surface area (Å²) in [6.45, 7) is 1.18. The molecule has 0 unspecified atom stereocenters. The van der Waals surface area contributed by atoms with Crippen LogP contribution < -0.4 is 15.5 Å². The van der Waals surface area contributed by atoms with Crippen LogP contribution in [0.2, 0.25) is 0 Å². The van der Waals surface area contributed by atoms with Crippen molar-refractivity contribution in [3.63, 3.8) is 0 Å². The standard InChI is InChI=1S/C30H30N4O6S/c1-23(25-9-4-2-5-10-25)32-30(36)22-40-26-16-14-24(15-17-26)19-31-33-29(35)21-34(20-27-11-8-18-39-27)41(37,38)28-12-6-3-7-13-28/h2-19,23H,20-22H2,1H3,(H,32,36)(H,33,35)/b31-19-/t23-/m0/s1. The van der Waals surface area contributed by atoms with Crippen molar-refractivity contribution < 1.29 is 27.2 Å². The van der Waals surface area contributed by atoms with Gasteiger partial charge < -0.3 is 14.5 Å². The summed E-state index contributed by atoms with van der Waals surface area (Å²) in [6, 6.07) is 27.4. The number of rotatable bonds is 13. The first-order valence-corrected chi connectivity index (χ1v) is 14.2. The summed E-state index contributed by atoms with van der Waals surface area (Å²) in [6.07, 6.45) is 2.85. The van der Waals surface area contributed by atoms with Crippen molar-refractivity contribution in [3.8, 4) is 5.75 Å². The van der Waals surface area contributed by atoms with E-state index in [-0.39, 0.29) is 30.0 Å². The number of hydrogen-bond acceptors (Lipinski definition) is 7. The minimum absolute atomic E-state index is 0.0633. The minimum Gasteiger partial charge on any atom is -0.484 e. The van der Waals surface area contributed by atoms with Crippen LogP contribution in [-0.4, -0.2) is 43.9 Å². The predicted molar refractivity (Wildman–Crippen MR) is 153 cm³/mol. The number of nitrogens with zero attached hydrogens (tertiary/aromatic N) is 2. The van der Waals surface area contributed by atoms with Gasteiger partial charge in [0.15, 0.2) is 6.61 Å². The molecule has 0 aliphatic heterocycles. The van der Waals surface area contributed by atoms with Crippen molar-refractivity contribution in [2.24, 2.45) is 5.10 Å². The van der Waals surface area contributed by atoms with E-state index in [1.807, 2.05) is 37.3 Å². The molecule has 41 heavy (non-hydrogen) atoms. The van der Waals surface area contributed by atoms with Crippen molar-refractivity contribution in [1.82, 2.24) is 15.0 Å². The maximum absolute atomic E-state index is 13.2. The van der Waals surface area contributed by atoms with Crippen molar-refractivity contribution in [3.05, 3.63) is 120 Å². The fraction of sp³-hybridized carbons (Fsp3) is 0.167. The Morgan fingerprint density at radius 2 is 1.61 bits per heavy atom. The van der Waals surface area contributed by atoms with Gasteiger partial charge in [-0.2, -0.15) is 9.41 Å². The van der Waals surface area contributed by atoms with Gasteiger partial charge >= 0.3 is 0 Å². The molecule has 0 radical (unpaired) electrons. The first kappa shape index (κ1) is 29.2. The molecule has 1 atom stereocenters. The topological polar surface area (TPSA) is 130 Å². The lowest BCUT2D eigenvalue weighted by Gasteiger charge is -2.20. The SMILES string of the molecule is C[C@H](NC(=O)COc1ccc(/C=N\NC(=O)CN(Cc2ccco2)S(=O)(=O)c2ccccc2)cc1)c1ccccc1.